The van der Waals surface area contributed by atoms with Crippen LogP contribution in [0.5, 0.6) is 11.5 Å². The molecule has 166 valence electrons. The van der Waals surface area contributed by atoms with E-state index in [9.17, 15) is 13.2 Å². The maximum absolute atomic E-state index is 13.0. The lowest BCUT2D eigenvalue weighted by Crippen LogP contribution is -2.50. The molecule has 1 aliphatic heterocycles. The quantitative estimate of drug-likeness (QED) is 0.585. The summed E-state index contributed by atoms with van der Waals surface area (Å²) >= 11 is 11.9. The van der Waals surface area contributed by atoms with Crippen molar-refractivity contribution in [1.29, 1.82) is 0 Å². The molecule has 1 aliphatic rings. The Morgan fingerprint density at radius 1 is 0.935 bits per heavy atom. The molecule has 0 bridgehead atoms. The smallest absolute Gasteiger partial charge is 0.246 e. The van der Waals surface area contributed by atoms with E-state index in [1.54, 1.807) is 35.2 Å². The summed E-state index contributed by atoms with van der Waals surface area (Å²) < 4.78 is 37.7. The van der Waals surface area contributed by atoms with Crippen molar-refractivity contribution in [2.75, 3.05) is 40.4 Å². The molecule has 1 amide bonds. The minimum atomic E-state index is -3.72. The van der Waals surface area contributed by atoms with E-state index < -0.39 is 10.0 Å². The third-order valence-corrected chi connectivity index (χ3v) is 7.54. The highest BCUT2D eigenvalue weighted by Crippen LogP contribution is 2.31. The van der Waals surface area contributed by atoms with Gasteiger partial charge in [0.25, 0.3) is 0 Å². The Balaban J connectivity index is 1.65. The van der Waals surface area contributed by atoms with Gasteiger partial charge in [-0.25, -0.2) is 8.42 Å². The van der Waals surface area contributed by atoms with Crippen LogP contribution in [-0.2, 0) is 14.8 Å². The van der Waals surface area contributed by atoms with Gasteiger partial charge in [0.05, 0.1) is 29.2 Å². The number of hydrogen-bond donors (Lipinski definition) is 0. The Kier molecular flexibility index (Phi) is 7.48. The number of halogens is 2. The van der Waals surface area contributed by atoms with Crippen molar-refractivity contribution in [2.24, 2.45) is 0 Å². The van der Waals surface area contributed by atoms with Crippen LogP contribution < -0.4 is 9.47 Å². The molecule has 7 nitrogen and oxygen atoms in total. The SMILES string of the molecule is COc1ccc(S(=O)(=O)N2CCN(C(=O)/C=C/c3ccc(Cl)c(Cl)c3)CC2)cc1OC. The Morgan fingerprint density at radius 3 is 2.23 bits per heavy atom. The van der Waals surface area contributed by atoms with Gasteiger partial charge in [0.2, 0.25) is 15.9 Å². The molecule has 0 saturated carbocycles. The molecule has 10 heteroatoms. The zero-order chi connectivity index (χ0) is 22.6. The highest BCUT2D eigenvalue weighted by molar-refractivity contribution is 7.89. The first-order valence-corrected chi connectivity index (χ1v) is 11.6. The summed E-state index contributed by atoms with van der Waals surface area (Å²) in [5, 5.41) is 0.849. The fourth-order valence-corrected chi connectivity index (χ4v) is 4.91. The second-order valence-corrected chi connectivity index (χ2v) is 9.51. The van der Waals surface area contributed by atoms with E-state index in [2.05, 4.69) is 0 Å². The fourth-order valence-electron chi connectivity index (χ4n) is 3.16. The van der Waals surface area contributed by atoms with Crippen LogP contribution in [0, 0.1) is 0 Å². The van der Waals surface area contributed by atoms with Crippen LogP contribution in [0.25, 0.3) is 6.08 Å². The molecular weight excluding hydrogens is 463 g/mol. The van der Waals surface area contributed by atoms with Gasteiger partial charge >= 0.3 is 0 Å². The van der Waals surface area contributed by atoms with E-state index in [1.165, 1.54) is 36.7 Å². The van der Waals surface area contributed by atoms with Gasteiger partial charge in [-0.05, 0) is 35.9 Å². The first-order chi connectivity index (χ1) is 14.8. The summed E-state index contributed by atoms with van der Waals surface area (Å²) in [5.41, 5.74) is 0.748. The third-order valence-electron chi connectivity index (χ3n) is 4.91. The number of sulfonamides is 1. The second-order valence-electron chi connectivity index (χ2n) is 6.75. The van der Waals surface area contributed by atoms with Crippen LogP contribution in [0.1, 0.15) is 5.56 Å². The molecule has 2 aromatic carbocycles. The maximum Gasteiger partial charge on any atom is 0.246 e. The number of benzene rings is 2. The van der Waals surface area contributed by atoms with Crippen LogP contribution in [0.3, 0.4) is 0 Å². The van der Waals surface area contributed by atoms with Crippen molar-refractivity contribution < 1.29 is 22.7 Å². The lowest BCUT2D eigenvalue weighted by Gasteiger charge is -2.33. The number of carbonyl (C=O) groups excluding carboxylic acids is 1. The molecule has 0 radical (unpaired) electrons. The zero-order valence-corrected chi connectivity index (χ0v) is 19.4. The molecule has 31 heavy (non-hydrogen) atoms. The molecule has 1 saturated heterocycles. The van der Waals surface area contributed by atoms with Gasteiger partial charge in [-0.3, -0.25) is 4.79 Å². The molecule has 0 aromatic heterocycles. The average Bonchev–Trinajstić information content (AvgIpc) is 2.79. The van der Waals surface area contributed by atoms with Gasteiger partial charge in [0.1, 0.15) is 0 Å². The van der Waals surface area contributed by atoms with Crippen LogP contribution in [0.4, 0.5) is 0 Å². The Hall–Kier alpha value is -2.26. The van der Waals surface area contributed by atoms with Crippen molar-refractivity contribution >= 4 is 45.2 Å². The van der Waals surface area contributed by atoms with Gasteiger partial charge in [0.15, 0.2) is 11.5 Å². The largest absolute Gasteiger partial charge is 0.493 e. The lowest BCUT2D eigenvalue weighted by molar-refractivity contribution is -0.127. The summed E-state index contributed by atoms with van der Waals surface area (Å²) in [6.07, 6.45) is 3.09. The van der Waals surface area contributed by atoms with E-state index in [-0.39, 0.29) is 37.0 Å². The first kappa shape index (κ1) is 23.4. The Bertz CT molecular complexity index is 1100. The molecule has 0 unspecified atom stereocenters. The van der Waals surface area contributed by atoms with Crippen molar-refractivity contribution in [3.05, 3.63) is 58.1 Å². The second kappa shape index (κ2) is 9.91. The normalized spacial score (nSPS) is 15.3. The van der Waals surface area contributed by atoms with E-state index >= 15 is 0 Å². The van der Waals surface area contributed by atoms with Crippen LogP contribution in [0.2, 0.25) is 10.0 Å². The minimum absolute atomic E-state index is 0.115. The van der Waals surface area contributed by atoms with Gasteiger partial charge in [-0.1, -0.05) is 29.3 Å². The third kappa shape index (κ3) is 5.33. The van der Waals surface area contributed by atoms with Crippen molar-refractivity contribution in [3.8, 4) is 11.5 Å². The van der Waals surface area contributed by atoms with Crippen molar-refractivity contribution in [2.45, 2.75) is 4.90 Å². The van der Waals surface area contributed by atoms with Gasteiger partial charge in [0, 0.05) is 38.3 Å². The summed E-state index contributed by atoms with van der Waals surface area (Å²) in [4.78, 5) is 14.2. The monoisotopic (exact) mass is 484 g/mol. The molecule has 1 heterocycles. The summed E-state index contributed by atoms with van der Waals surface area (Å²) in [5.74, 6) is 0.588. The number of amides is 1. The molecular formula is C21H22Cl2N2O5S. The zero-order valence-electron chi connectivity index (χ0n) is 17.0. The lowest BCUT2D eigenvalue weighted by atomic mass is 10.2. The minimum Gasteiger partial charge on any atom is -0.493 e. The van der Waals surface area contributed by atoms with E-state index in [1.807, 2.05) is 0 Å². The predicted molar refractivity (Wildman–Crippen MR) is 120 cm³/mol. The van der Waals surface area contributed by atoms with Crippen LogP contribution in [-0.4, -0.2) is 63.9 Å². The highest BCUT2D eigenvalue weighted by Gasteiger charge is 2.30. The molecule has 0 atom stereocenters. The summed E-state index contributed by atoms with van der Waals surface area (Å²) in [6.45, 7) is 0.972. The van der Waals surface area contributed by atoms with Crippen LogP contribution >= 0.6 is 23.2 Å². The maximum atomic E-state index is 13.0. The van der Waals surface area contributed by atoms with Crippen molar-refractivity contribution in [1.82, 2.24) is 9.21 Å². The molecule has 3 rings (SSSR count). The van der Waals surface area contributed by atoms with E-state index in [0.717, 1.165) is 5.56 Å². The van der Waals surface area contributed by atoms with Crippen LogP contribution in [0.15, 0.2) is 47.4 Å². The Labute approximate surface area is 191 Å². The molecule has 0 N–H and O–H groups in total. The fraction of sp³-hybridized carbons (Fsp3) is 0.286. The number of nitrogens with zero attached hydrogens (tertiary/aromatic N) is 2. The summed E-state index contributed by atoms with van der Waals surface area (Å²) in [7, 11) is -0.785. The molecule has 0 aliphatic carbocycles. The Morgan fingerprint density at radius 2 is 1.61 bits per heavy atom. The number of rotatable bonds is 6. The van der Waals surface area contributed by atoms with Crippen molar-refractivity contribution in [3.63, 3.8) is 0 Å². The van der Waals surface area contributed by atoms with E-state index in [0.29, 0.717) is 21.5 Å². The van der Waals surface area contributed by atoms with E-state index in [4.69, 9.17) is 32.7 Å². The number of methoxy groups -OCH3 is 2. The first-order valence-electron chi connectivity index (χ1n) is 9.40. The summed E-state index contributed by atoms with van der Waals surface area (Å²) in [6, 6.07) is 9.55. The molecule has 1 fully saturated rings. The standard InChI is InChI=1S/C21H22Cl2N2O5S/c1-29-19-7-5-16(14-20(19)30-2)31(27,28)25-11-9-24(10-12-25)21(26)8-4-15-3-6-17(22)18(23)13-15/h3-8,13-14H,9-12H2,1-2H3/b8-4+. The number of ether oxygens (including phenoxy) is 2. The number of carbonyl (C=O) groups is 1. The molecule has 2 aromatic rings. The van der Waals surface area contributed by atoms with Gasteiger partial charge in [-0.15, -0.1) is 0 Å². The number of hydrogen-bond acceptors (Lipinski definition) is 5. The highest BCUT2D eigenvalue weighted by atomic mass is 35.5. The van der Waals surface area contributed by atoms with Gasteiger partial charge in [-0.2, -0.15) is 4.31 Å². The topological polar surface area (TPSA) is 76.2 Å². The molecule has 0 spiro atoms. The average molecular weight is 485 g/mol. The predicted octanol–water partition coefficient (Wildman–Crippen LogP) is 3.56. The number of piperazine rings is 1. The van der Waals surface area contributed by atoms with Gasteiger partial charge < -0.3 is 14.4 Å².